The minimum absolute atomic E-state index is 0.136. The second kappa shape index (κ2) is 7.16. The molecule has 1 aliphatic rings. The van der Waals surface area contributed by atoms with Crippen molar-refractivity contribution in [2.45, 2.75) is 52.2 Å². The minimum atomic E-state index is -0.238. The van der Waals surface area contributed by atoms with Crippen LogP contribution in [0.5, 0.6) is 0 Å². The number of imidazole rings is 1. The molecule has 24 heavy (non-hydrogen) atoms. The van der Waals surface area contributed by atoms with Gasteiger partial charge in [-0.15, -0.1) is 0 Å². The van der Waals surface area contributed by atoms with Crippen LogP contribution in [-0.4, -0.2) is 26.4 Å². The van der Waals surface area contributed by atoms with E-state index < -0.39 is 0 Å². The lowest BCUT2D eigenvalue weighted by molar-refractivity contribution is -0.140. The summed E-state index contributed by atoms with van der Waals surface area (Å²) in [6.45, 7) is 5.12. The molecule has 0 unspecified atom stereocenters. The third-order valence-electron chi connectivity index (χ3n) is 4.72. The van der Waals surface area contributed by atoms with Gasteiger partial charge in [0.25, 0.3) is 0 Å². The summed E-state index contributed by atoms with van der Waals surface area (Å²) in [5.74, 6) is 1.01. The van der Waals surface area contributed by atoms with Gasteiger partial charge in [0.2, 0.25) is 5.91 Å². The van der Waals surface area contributed by atoms with Crippen LogP contribution < -0.4 is 0 Å². The van der Waals surface area contributed by atoms with Crippen molar-refractivity contribution in [3.05, 3.63) is 53.9 Å². The number of benzene rings is 1. The van der Waals surface area contributed by atoms with Gasteiger partial charge in [0.05, 0.1) is 6.54 Å². The number of halogens is 1. The highest BCUT2D eigenvalue weighted by molar-refractivity contribution is 5.79. The molecule has 2 aromatic rings. The molecule has 0 spiro atoms. The SMILES string of the molecule is CC(C)N(Cc1nccn1Cc1cccc(F)c1)C(=O)C1CCC1. The van der Waals surface area contributed by atoms with Crippen molar-refractivity contribution in [2.24, 2.45) is 5.92 Å². The van der Waals surface area contributed by atoms with Crippen LogP contribution >= 0.6 is 0 Å². The smallest absolute Gasteiger partial charge is 0.226 e. The number of hydrogen-bond donors (Lipinski definition) is 0. The summed E-state index contributed by atoms with van der Waals surface area (Å²) in [5.41, 5.74) is 0.885. The van der Waals surface area contributed by atoms with Crippen molar-refractivity contribution >= 4 is 5.91 Å². The Morgan fingerprint density at radius 2 is 2.21 bits per heavy atom. The zero-order chi connectivity index (χ0) is 17.1. The molecule has 0 saturated heterocycles. The predicted octanol–water partition coefficient (Wildman–Crippen LogP) is 3.61. The zero-order valence-corrected chi connectivity index (χ0v) is 14.3. The maximum absolute atomic E-state index is 13.4. The minimum Gasteiger partial charge on any atom is -0.333 e. The van der Waals surface area contributed by atoms with Crippen molar-refractivity contribution in [2.75, 3.05) is 0 Å². The van der Waals surface area contributed by atoms with Gasteiger partial charge in [-0.2, -0.15) is 0 Å². The highest BCUT2D eigenvalue weighted by atomic mass is 19.1. The summed E-state index contributed by atoms with van der Waals surface area (Å²) < 4.78 is 15.4. The molecule has 1 aliphatic carbocycles. The predicted molar refractivity (Wildman–Crippen MR) is 90.8 cm³/mol. The van der Waals surface area contributed by atoms with Crippen LogP contribution in [-0.2, 0) is 17.9 Å². The van der Waals surface area contributed by atoms with Crippen LogP contribution in [0.15, 0.2) is 36.7 Å². The topological polar surface area (TPSA) is 38.1 Å². The van der Waals surface area contributed by atoms with Crippen LogP contribution in [0.3, 0.4) is 0 Å². The normalized spacial score (nSPS) is 14.7. The Labute approximate surface area is 142 Å². The van der Waals surface area contributed by atoms with Gasteiger partial charge < -0.3 is 9.47 Å². The largest absolute Gasteiger partial charge is 0.333 e. The lowest BCUT2D eigenvalue weighted by Gasteiger charge is -2.34. The number of carbonyl (C=O) groups is 1. The number of aromatic nitrogens is 2. The van der Waals surface area contributed by atoms with E-state index in [1.54, 1.807) is 12.3 Å². The molecular weight excluding hydrogens is 305 g/mol. The first-order valence-corrected chi connectivity index (χ1v) is 8.59. The summed E-state index contributed by atoms with van der Waals surface area (Å²) in [7, 11) is 0. The van der Waals surface area contributed by atoms with E-state index in [2.05, 4.69) is 4.98 Å². The van der Waals surface area contributed by atoms with E-state index >= 15 is 0 Å². The molecule has 0 atom stereocenters. The average molecular weight is 329 g/mol. The second-order valence-electron chi connectivity index (χ2n) is 6.79. The van der Waals surface area contributed by atoms with Gasteiger partial charge in [-0.1, -0.05) is 18.6 Å². The molecule has 1 aromatic heterocycles. The van der Waals surface area contributed by atoms with Gasteiger partial charge in [-0.3, -0.25) is 4.79 Å². The summed E-state index contributed by atoms with van der Waals surface area (Å²) >= 11 is 0. The zero-order valence-electron chi connectivity index (χ0n) is 14.3. The lowest BCUT2D eigenvalue weighted by Crippen LogP contribution is -2.43. The molecule has 1 heterocycles. The Hall–Kier alpha value is -2.17. The van der Waals surface area contributed by atoms with Crippen molar-refractivity contribution < 1.29 is 9.18 Å². The van der Waals surface area contributed by atoms with Crippen LogP contribution in [0.4, 0.5) is 4.39 Å². The maximum atomic E-state index is 13.4. The van der Waals surface area contributed by atoms with E-state index in [1.165, 1.54) is 12.1 Å². The Kier molecular flexibility index (Phi) is 4.97. The summed E-state index contributed by atoms with van der Waals surface area (Å²) in [4.78, 5) is 19.0. The van der Waals surface area contributed by atoms with Gasteiger partial charge in [-0.05, 0) is 44.4 Å². The molecule has 1 saturated carbocycles. The molecule has 1 amide bonds. The van der Waals surface area contributed by atoms with E-state index in [1.807, 2.05) is 35.6 Å². The van der Waals surface area contributed by atoms with Crippen molar-refractivity contribution in [1.82, 2.24) is 14.5 Å². The van der Waals surface area contributed by atoms with E-state index in [4.69, 9.17) is 0 Å². The Balaban J connectivity index is 1.74. The number of amides is 1. The monoisotopic (exact) mass is 329 g/mol. The second-order valence-corrected chi connectivity index (χ2v) is 6.79. The lowest BCUT2D eigenvalue weighted by atomic mass is 9.84. The maximum Gasteiger partial charge on any atom is 0.226 e. The van der Waals surface area contributed by atoms with Gasteiger partial charge in [0.1, 0.15) is 11.6 Å². The highest BCUT2D eigenvalue weighted by Gasteiger charge is 2.31. The van der Waals surface area contributed by atoms with Crippen molar-refractivity contribution in [1.29, 1.82) is 0 Å². The highest BCUT2D eigenvalue weighted by Crippen LogP contribution is 2.29. The first kappa shape index (κ1) is 16.7. The average Bonchev–Trinajstić information content (AvgIpc) is 2.89. The molecule has 1 aromatic carbocycles. The van der Waals surface area contributed by atoms with Crippen LogP contribution in [0, 0.1) is 11.7 Å². The van der Waals surface area contributed by atoms with Crippen LogP contribution in [0.1, 0.15) is 44.5 Å². The first-order chi connectivity index (χ1) is 11.5. The van der Waals surface area contributed by atoms with E-state index in [0.29, 0.717) is 13.1 Å². The number of nitrogens with zero attached hydrogens (tertiary/aromatic N) is 3. The molecule has 4 nitrogen and oxygen atoms in total. The molecule has 5 heteroatoms. The summed E-state index contributed by atoms with van der Waals surface area (Å²) in [6, 6.07) is 6.71. The molecule has 3 rings (SSSR count). The van der Waals surface area contributed by atoms with Crippen LogP contribution in [0.2, 0.25) is 0 Å². The van der Waals surface area contributed by atoms with Gasteiger partial charge in [0, 0.05) is 30.9 Å². The molecule has 128 valence electrons. The van der Waals surface area contributed by atoms with Gasteiger partial charge in [0.15, 0.2) is 0 Å². The quantitative estimate of drug-likeness (QED) is 0.812. The third-order valence-corrected chi connectivity index (χ3v) is 4.72. The Bertz CT molecular complexity index is 706. The fourth-order valence-corrected chi connectivity index (χ4v) is 3.02. The summed E-state index contributed by atoms with van der Waals surface area (Å²) in [5, 5.41) is 0. The number of rotatable bonds is 6. The van der Waals surface area contributed by atoms with Crippen molar-refractivity contribution in [3.63, 3.8) is 0 Å². The number of hydrogen-bond acceptors (Lipinski definition) is 2. The molecule has 1 fully saturated rings. The fourth-order valence-electron chi connectivity index (χ4n) is 3.02. The van der Waals surface area contributed by atoms with E-state index in [0.717, 1.165) is 30.7 Å². The van der Waals surface area contributed by atoms with Gasteiger partial charge >= 0.3 is 0 Å². The number of carbonyl (C=O) groups excluding carboxylic acids is 1. The molecular formula is C19H24FN3O. The first-order valence-electron chi connectivity index (χ1n) is 8.59. The standard InChI is InChI=1S/C19H24FN3O/c1-14(2)23(19(24)16-6-4-7-16)13-18-21-9-10-22(18)12-15-5-3-8-17(20)11-15/h3,5,8-11,14,16H,4,6-7,12-13H2,1-2H3. The third kappa shape index (κ3) is 3.66. The van der Waals surface area contributed by atoms with E-state index in [9.17, 15) is 9.18 Å². The van der Waals surface area contributed by atoms with E-state index in [-0.39, 0.29) is 23.7 Å². The molecule has 0 bridgehead atoms. The van der Waals surface area contributed by atoms with Crippen molar-refractivity contribution in [3.8, 4) is 0 Å². The molecule has 0 radical (unpaired) electrons. The van der Waals surface area contributed by atoms with Gasteiger partial charge in [-0.25, -0.2) is 9.37 Å². The summed E-state index contributed by atoms with van der Waals surface area (Å²) in [6.07, 6.45) is 6.77. The van der Waals surface area contributed by atoms with Crippen LogP contribution in [0.25, 0.3) is 0 Å². The molecule has 0 N–H and O–H groups in total. The Morgan fingerprint density at radius 3 is 2.83 bits per heavy atom. The molecule has 0 aliphatic heterocycles. The Morgan fingerprint density at radius 1 is 1.42 bits per heavy atom. The fraction of sp³-hybridized carbons (Fsp3) is 0.474.